The van der Waals surface area contributed by atoms with E-state index in [2.05, 4.69) is 22.5 Å². The van der Waals surface area contributed by atoms with Gasteiger partial charge >= 0.3 is 0 Å². The fourth-order valence-electron chi connectivity index (χ4n) is 3.63. The molecule has 1 atom stereocenters. The van der Waals surface area contributed by atoms with Crippen LogP contribution in [-0.2, 0) is 27.1 Å². The second-order valence-corrected chi connectivity index (χ2v) is 11.4. The zero-order valence-electron chi connectivity index (χ0n) is 17.3. The molecule has 2 N–H and O–H groups in total. The number of morpholine rings is 1. The van der Waals surface area contributed by atoms with Crippen molar-refractivity contribution in [3.05, 3.63) is 35.4 Å². The fraction of sp³-hybridized carbons (Fsp3) is 0.650. The van der Waals surface area contributed by atoms with Gasteiger partial charge in [0.1, 0.15) is 0 Å². The van der Waals surface area contributed by atoms with Crippen molar-refractivity contribution in [3.8, 4) is 0 Å². The molecule has 0 spiro atoms. The lowest BCUT2D eigenvalue weighted by molar-refractivity contribution is 0.0729. The largest absolute Gasteiger partial charge is 0.379 e. The van der Waals surface area contributed by atoms with Gasteiger partial charge in [0, 0.05) is 38.0 Å². The predicted octanol–water partition coefficient (Wildman–Crippen LogP) is 1.80. The van der Waals surface area contributed by atoms with Crippen molar-refractivity contribution in [1.29, 1.82) is 0 Å². The number of benzene rings is 1. The Labute approximate surface area is 178 Å². The number of thioether (sulfide) groups is 1. The summed E-state index contributed by atoms with van der Waals surface area (Å²) in [6, 6.07) is 7.69. The van der Waals surface area contributed by atoms with Crippen molar-refractivity contribution in [2.24, 2.45) is 4.99 Å². The number of nitrogens with zero attached hydrogens (tertiary/aromatic N) is 2. The Balaban J connectivity index is 1.59. The highest BCUT2D eigenvalue weighted by molar-refractivity contribution is 8.00. The number of hydrogen-bond donors (Lipinski definition) is 2. The molecule has 2 heterocycles. The summed E-state index contributed by atoms with van der Waals surface area (Å²) >= 11 is 2.01. The fourth-order valence-corrected chi connectivity index (χ4v) is 6.44. The summed E-state index contributed by atoms with van der Waals surface area (Å²) in [7, 11) is -1.60. The van der Waals surface area contributed by atoms with Crippen LogP contribution in [0.2, 0.25) is 0 Å². The van der Waals surface area contributed by atoms with Crippen LogP contribution in [0.5, 0.6) is 0 Å². The summed E-state index contributed by atoms with van der Waals surface area (Å²) in [6.07, 6.45) is 2.48. The molecule has 3 rings (SSSR count). The summed E-state index contributed by atoms with van der Waals surface area (Å²) in [5.41, 5.74) is 1.79. The monoisotopic (exact) mass is 440 g/mol. The molecule has 0 saturated carbocycles. The Kier molecular flexibility index (Phi) is 7.84. The molecule has 7 nitrogen and oxygen atoms in total. The number of guanidine groups is 1. The second-order valence-electron chi connectivity index (χ2n) is 7.72. The van der Waals surface area contributed by atoms with Crippen molar-refractivity contribution in [2.45, 2.75) is 36.8 Å². The molecule has 162 valence electrons. The number of rotatable bonds is 7. The highest BCUT2D eigenvalue weighted by atomic mass is 32.2. The first-order valence-corrected chi connectivity index (χ1v) is 12.7. The maximum absolute atomic E-state index is 12.8. The van der Waals surface area contributed by atoms with Crippen LogP contribution in [0.4, 0.5) is 0 Å². The minimum absolute atomic E-state index is 0.00555. The van der Waals surface area contributed by atoms with Gasteiger partial charge in [-0.25, -0.2) is 8.42 Å². The van der Waals surface area contributed by atoms with Gasteiger partial charge in [-0.15, -0.1) is 0 Å². The molecule has 0 aliphatic carbocycles. The molecule has 1 unspecified atom stereocenters. The van der Waals surface area contributed by atoms with Crippen molar-refractivity contribution < 1.29 is 13.2 Å². The molecular formula is C20H32N4O3S2. The Morgan fingerprint density at radius 3 is 2.62 bits per heavy atom. The van der Waals surface area contributed by atoms with E-state index < -0.39 is 10.0 Å². The summed E-state index contributed by atoms with van der Waals surface area (Å²) < 4.78 is 32.7. The van der Waals surface area contributed by atoms with Gasteiger partial charge in [0.2, 0.25) is 10.0 Å². The van der Waals surface area contributed by atoms with Gasteiger partial charge in [0.25, 0.3) is 0 Å². The Bertz CT molecular complexity index is 802. The first kappa shape index (κ1) is 22.4. The lowest BCUT2D eigenvalue weighted by Crippen LogP contribution is -2.43. The molecule has 0 aromatic heterocycles. The van der Waals surface area contributed by atoms with Crippen molar-refractivity contribution in [2.75, 3.05) is 45.6 Å². The predicted molar refractivity (Wildman–Crippen MR) is 120 cm³/mol. The molecule has 2 aliphatic heterocycles. The Morgan fingerprint density at radius 1 is 1.24 bits per heavy atom. The molecular weight excluding hydrogens is 408 g/mol. The third kappa shape index (κ3) is 6.34. The molecule has 2 saturated heterocycles. The summed E-state index contributed by atoms with van der Waals surface area (Å²) in [4.78, 5) is 4.32. The number of aliphatic imine (C=N–C) groups is 1. The van der Waals surface area contributed by atoms with Gasteiger partial charge in [-0.05, 0) is 36.6 Å². The van der Waals surface area contributed by atoms with Crippen LogP contribution in [0.1, 0.15) is 30.9 Å². The highest BCUT2D eigenvalue weighted by Gasteiger charge is 2.29. The first-order valence-electron chi connectivity index (χ1n) is 10.1. The molecule has 1 aromatic carbocycles. The van der Waals surface area contributed by atoms with E-state index in [1.54, 1.807) is 7.05 Å². The van der Waals surface area contributed by atoms with Gasteiger partial charge in [-0.3, -0.25) is 4.99 Å². The lowest BCUT2D eigenvalue weighted by atomic mass is 10.1. The van der Waals surface area contributed by atoms with Crippen LogP contribution in [0.15, 0.2) is 29.3 Å². The molecule has 0 amide bonds. The third-order valence-electron chi connectivity index (χ3n) is 5.42. The zero-order valence-corrected chi connectivity index (χ0v) is 18.9. The standard InChI is InChI=1S/C20H32N4O3S2/c1-20(8-5-13-28-20)16-23-19(21-2)22-14-17-6-3-4-7-18(17)15-29(25,26)24-9-11-27-12-10-24/h3-4,6-7H,5,8-16H2,1-2H3,(H2,21,22,23). The maximum Gasteiger partial charge on any atom is 0.218 e. The summed E-state index contributed by atoms with van der Waals surface area (Å²) in [5, 5.41) is 6.75. The van der Waals surface area contributed by atoms with Crippen LogP contribution in [0, 0.1) is 0 Å². The van der Waals surface area contributed by atoms with Crippen molar-refractivity contribution in [1.82, 2.24) is 14.9 Å². The second kappa shape index (κ2) is 10.1. The van der Waals surface area contributed by atoms with E-state index in [-0.39, 0.29) is 10.5 Å². The van der Waals surface area contributed by atoms with Gasteiger partial charge < -0.3 is 15.4 Å². The molecule has 2 aliphatic rings. The molecule has 9 heteroatoms. The smallest absolute Gasteiger partial charge is 0.218 e. The van der Waals surface area contributed by atoms with Crippen LogP contribution in [0.3, 0.4) is 0 Å². The Morgan fingerprint density at radius 2 is 1.97 bits per heavy atom. The van der Waals surface area contributed by atoms with Crippen molar-refractivity contribution >= 4 is 27.7 Å². The quantitative estimate of drug-likeness (QED) is 0.497. The van der Waals surface area contributed by atoms with E-state index in [0.717, 1.165) is 23.6 Å². The zero-order chi connectivity index (χ0) is 20.7. The topological polar surface area (TPSA) is 83.0 Å². The SMILES string of the molecule is CN=C(NCc1ccccc1CS(=O)(=O)N1CCOCC1)NCC1(C)CCCS1. The average molecular weight is 441 g/mol. The van der Waals surface area contributed by atoms with E-state index in [0.29, 0.717) is 32.8 Å². The molecule has 1 aromatic rings. The average Bonchev–Trinajstić information content (AvgIpc) is 3.16. The number of hydrogen-bond acceptors (Lipinski definition) is 5. The normalized spacial score (nSPS) is 23.9. The van der Waals surface area contributed by atoms with Crippen LogP contribution >= 0.6 is 11.8 Å². The molecule has 2 fully saturated rings. The van der Waals surface area contributed by atoms with Crippen LogP contribution in [0.25, 0.3) is 0 Å². The van der Waals surface area contributed by atoms with E-state index >= 15 is 0 Å². The van der Waals surface area contributed by atoms with Gasteiger partial charge in [-0.1, -0.05) is 24.3 Å². The molecule has 0 bridgehead atoms. The van der Waals surface area contributed by atoms with Crippen molar-refractivity contribution in [3.63, 3.8) is 0 Å². The number of nitrogens with one attached hydrogen (secondary N) is 2. The minimum atomic E-state index is -3.36. The van der Waals surface area contributed by atoms with Gasteiger partial charge in [0.05, 0.1) is 19.0 Å². The third-order valence-corrected chi connectivity index (χ3v) is 8.79. The summed E-state index contributed by atoms with van der Waals surface area (Å²) in [6.45, 7) is 5.45. The van der Waals surface area contributed by atoms with E-state index in [9.17, 15) is 8.42 Å². The van der Waals surface area contributed by atoms with Crippen LogP contribution < -0.4 is 10.6 Å². The number of sulfonamides is 1. The maximum atomic E-state index is 12.8. The van der Waals surface area contributed by atoms with E-state index in [1.165, 1.54) is 22.9 Å². The number of ether oxygens (including phenoxy) is 1. The molecule has 29 heavy (non-hydrogen) atoms. The first-order chi connectivity index (χ1) is 13.9. The minimum Gasteiger partial charge on any atom is -0.379 e. The molecule has 0 radical (unpaired) electrons. The highest BCUT2D eigenvalue weighted by Crippen LogP contribution is 2.36. The summed E-state index contributed by atoms with van der Waals surface area (Å²) in [5.74, 6) is 1.96. The van der Waals surface area contributed by atoms with Gasteiger partial charge in [-0.2, -0.15) is 16.1 Å². The van der Waals surface area contributed by atoms with E-state index in [4.69, 9.17) is 4.74 Å². The van der Waals surface area contributed by atoms with Crippen LogP contribution in [-0.4, -0.2) is 69.1 Å². The van der Waals surface area contributed by atoms with E-state index in [1.807, 2.05) is 36.0 Å². The Hall–Kier alpha value is -1.29. The lowest BCUT2D eigenvalue weighted by Gasteiger charge is -2.26. The van der Waals surface area contributed by atoms with Gasteiger partial charge in [0.15, 0.2) is 5.96 Å².